The Hall–Kier alpha value is -2.69. The number of aromatic nitrogens is 2. The number of aryl methyl sites for hydroxylation is 1. The summed E-state index contributed by atoms with van der Waals surface area (Å²) in [4.78, 5) is 12.1. The van der Waals surface area contributed by atoms with Gasteiger partial charge in [0.05, 0.1) is 5.52 Å². The maximum absolute atomic E-state index is 12.8. The highest BCUT2D eigenvalue weighted by Gasteiger charge is 2.08. The summed E-state index contributed by atoms with van der Waals surface area (Å²) in [7, 11) is 1.83. The van der Waals surface area contributed by atoms with Gasteiger partial charge in [-0.15, -0.1) is 0 Å². The number of fused-ring (bicyclic) bond motifs is 1. The summed E-state index contributed by atoms with van der Waals surface area (Å²) >= 11 is 0. The first-order valence-electron chi connectivity index (χ1n) is 6.12. The van der Waals surface area contributed by atoms with Crippen LogP contribution >= 0.6 is 0 Å². The van der Waals surface area contributed by atoms with Gasteiger partial charge in [-0.1, -0.05) is 6.07 Å². The van der Waals surface area contributed by atoms with E-state index in [0.29, 0.717) is 11.3 Å². The van der Waals surface area contributed by atoms with Crippen LogP contribution in [-0.2, 0) is 7.05 Å². The molecule has 0 fully saturated rings. The molecule has 4 nitrogen and oxygen atoms in total. The van der Waals surface area contributed by atoms with E-state index in [9.17, 15) is 9.18 Å². The van der Waals surface area contributed by atoms with Crippen molar-refractivity contribution in [3.8, 4) is 0 Å². The molecule has 3 aromatic rings. The molecule has 2 aromatic carbocycles. The first-order valence-corrected chi connectivity index (χ1v) is 6.12. The third-order valence-electron chi connectivity index (χ3n) is 2.99. The number of nitrogens with one attached hydrogen (secondary N) is 1. The van der Waals surface area contributed by atoms with Crippen molar-refractivity contribution in [3.63, 3.8) is 0 Å². The van der Waals surface area contributed by atoms with E-state index >= 15 is 0 Å². The molecule has 1 aromatic heterocycles. The van der Waals surface area contributed by atoms with Crippen molar-refractivity contribution in [1.29, 1.82) is 0 Å². The van der Waals surface area contributed by atoms with Crippen molar-refractivity contribution in [2.45, 2.75) is 0 Å². The van der Waals surface area contributed by atoms with Crippen molar-refractivity contribution in [1.82, 2.24) is 9.78 Å². The Bertz CT molecular complexity index is 777. The van der Waals surface area contributed by atoms with Gasteiger partial charge in [-0.05, 0) is 36.4 Å². The van der Waals surface area contributed by atoms with Crippen LogP contribution < -0.4 is 5.32 Å². The van der Waals surface area contributed by atoms with Crippen LogP contribution in [0, 0.1) is 5.82 Å². The average molecular weight is 269 g/mol. The first kappa shape index (κ1) is 12.3. The number of nitrogens with zero attached hydrogens (tertiary/aromatic N) is 2. The third kappa shape index (κ3) is 2.38. The molecular formula is C15H12FN3O. The molecule has 20 heavy (non-hydrogen) atoms. The second-order valence-corrected chi connectivity index (χ2v) is 4.54. The van der Waals surface area contributed by atoms with Gasteiger partial charge in [-0.2, -0.15) is 5.10 Å². The van der Waals surface area contributed by atoms with Crippen molar-refractivity contribution in [3.05, 3.63) is 60.0 Å². The van der Waals surface area contributed by atoms with Gasteiger partial charge in [0.1, 0.15) is 5.82 Å². The van der Waals surface area contributed by atoms with Crippen LogP contribution in [0.15, 0.2) is 48.7 Å². The molecule has 0 aliphatic heterocycles. The van der Waals surface area contributed by atoms with Crippen LogP contribution in [0.5, 0.6) is 0 Å². The van der Waals surface area contributed by atoms with Crippen molar-refractivity contribution < 1.29 is 9.18 Å². The summed E-state index contributed by atoms with van der Waals surface area (Å²) in [5.41, 5.74) is 1.83. The monoisotopic (exact) mass is 269 g/mol. The molecule has 0 aliphatic rings. The topological polar surface area (TPSA) is 46.9 Å². The SMILES string of the molecule is Cn1cc2ccc(C(=O)Nc3ccc(F)cc3)cc2n1. The van der Waals surface area contributed by atoms with Crippen molar-refractivity contribution >= 4 is 22.5 Å². The minimum Gasteiger partial charge on any atom is -0.322 e. The average Bonchev–Trinajstić information content (AvgIpc) is 2.80. The second-order valence-electron chi connectivity index (χ2n) is 4.54. The molecule has 5 heteroatoms. The molecular weight excluding hydrogens is 257 g/mol. The van der Waals surface area contributed by atoms with Gasteiger partial charge in [-0.3, -0.25) is 9.48 Å². The highest BCUT2D eigenvalue weighted by Crippen LogP contribution is 2.16. The van der Waals surface area contributed by atoms with E-state index in [2.05, 4.69) is 10.4 Å². The number of hydrogen-bond donors (Lipinski definition) is 1. The van der Waals surface area contributed by atoms with Gasteiger partial charge >= 0.3 is 0 Å². The Morgan fingerprint density at radius 3 is 2.70 bits per heavy atom. The molecule has 0 spiro atoms. The van der Waals surface area contributed by atoms with Crippen LogP contribution in [0.3, 0.4) is 0 Å². The molecule has 0 bridgehead atoms. The summed E-state index contributed by atoms with van der Waals surface area (Å²) in [5, 5.41) is 7.96. The number of rotatable bonds is 2. The van der Waals surface area contributed by atoms with E-state index in [0.717, 1.165) is 10.9 Å². The minimum atomic E-state index is -0.335. The summed E-state index contributed by atoms with van der Waals surface area (Å²) in [5.74, 6) is -0.581. The summed E-state index contributed by atoms with van der Waals surface area (Å²) in [6, 6.07) is 11.0. The van der Waals surface area contributed by atoms with Gasteiger partial charge in [-0.25, -0.2) is 4.39 Å². The zero-order chi connectivity index (χ0) is 14.1. The molecule has 100 valence electrons. The van der Waals surface area contributed by atoms with Crippen LogP contribution in [0.25, 0.3) is 10.9 Å². The van der Waals surface area contributed by atoms with Crippen LogP contribution in [0.1, 0.15) is 10.4 Å². The Labute approximate surface area is 114 Å². The predicted molar refractivity (Wildman–Crippen MR) is 75.1 cm³/mol. The van der Waals surface area contributed by atoms with Crippen LogP contribution in [0.2, 0.25) is 0 Å². The molecule has 0 radical (unpaired) electrons. The van der Waals surface area contributed by atoms with Gasteiger partial charge in [0.15, 0.2) is 0 Å². The molecule has 1 heterocycles. The van der Waals surface area contributed by atoms with Crippen molar-refractivity contribution in [2.24, 2.45) is 7.05 Å². The highest BCUT2D eigenvalue weighted by atomic mass is 19.1. The lowest BCUT2D eigenvalue weighted by molar-refractivity contribution is 0.102. The molecule has 0 saturated heterocycles. The number of halogens is 1. The lowest BCUT2D eigenvalue weighted by Gasteiger charge is -2.05. The Morgan fingerprint density at radius 2 is 1.95 bits per heavy atom. The number of benzene rings is 2. The molecule has 0 saturated carbocycles. The van der Waals surface area contributed by atoms with Gasteiger partial charge in [0, 0.05) is 29.9 Å². The largest absolute Gasteiger partial charge is 0.322 e. The number of carbonyl (C=O) groups excluding carboxylic acids is 1. The standard InChI is InChI=1S/C15H12FN3O/c1-19-9-11-3-2-10(8-14(11)18-19)15(20)17-13-6-4-12(16)5-7-13/h2-9H,1H3,(H,17,20). The van der Waals surface area contributed by atoms with Crippen LogP contribution in [-0.4, -0.2) is 15.7 Å². The molecule has 0 atom stereocenters. The lowest BCUT2D eigenvalue weighted by Crippen LogP contribution is -2.11. The minimum absolute atomic E-state index is 0.246. The first-order chi connectivity index (χ1) is 9.61. The van der Waals surface area contributed by atoms with E-state index in [1.165, 1.54) is 24.3 Å². The Morgan fingerprint density at radius 1 is 1.20 bits per heavy atom. The summed E-state index contributed by atoms with van der Waals surface area (Å²) in [6.07, 6.45) is 1.89. The maximum Gasteiger partial charge on any atom is 0.255 e. The maximum atomic E-state index is 12.8. The van der Waals surface area contributed by atoms with E-state index in [1.54, 1.807) is 16.8 Å². The predicted octanol–water partition coefficient (Wildman–Crippen LogP) is 2.96. The fourth-order valence-corrected chi connectivity index (χ4v) is 2.02. The van der Waals surface area contributed by atoms with Gasteiger partial charge < -0.3 is 5.32 Å². The molecule has 0 unspecified atom stereocenters. The van der Waals surface area contributed by atoms with Crippen LogP contribution in [0.4, 0.5) is 10.1 Å². The number of amides is 1. The van der Waals surface area contributed by atoms with Gasteiger partial charge in [0.2, 0.25) is 0 Å². The Kier molecular flexibility index (Phi) is 2.95. The fraction of sp³-hybridized carbons (Fsp3) is 0.0667. The fourth-order valence-electron chi connectivity index (χ4n) is 2.02. The second kappa shape index (κ2) is 4.77. The van der Waals surface area contributed by atoms with E-state index in [-0.39, 0.29) is 11.7 Å². The quantitative estimate of drug-likeness (QED) is 0.777. The zero-order valence-electron chi connectivity index (χ0n) is 10.8. The number of anilines is 1. The molecule has 1 N–H and O–H groups in total. The normalized spacial score (nSPS) is 10.7. The van der Waals surface area contributed by atoms with Gasteiger partial charge in [0.25, 0.3) is 5.91 Å². The Balaban J connectivity index is 1.86. The number of hydrogen-bond acceptors (Lipinski definition) is 2. The molecule has 3 rings (SSSR count). The summed E-state index contributed by atoms with van der Waals surface area (Å²) in [6.45, 7) is 0. The molecule has 0 aliphatic carbocycles. The molecule has 1 amide bonds. The van der Waals surface area contributed by atoms with E-state index in [1.807, 2.05) is 19.3 Å². The van der Waals surface area contributed by atoms with Crippen molar-refractivity contribution in [2.75, 3.05) is 5.32 Å². The zero-order valence-corrected chi connectivity index (χ0v) is 10.8. The lowest BCUT2D eigenvalue weighted by atomic mass is 10.1. The van der Waals surface area contributed by atoms with E-state index < -0.39 is 0 Å². The number of carbonyl (C=O) groups is 1. The van der Waals surface area contributed by atoms with E-state index in [4.69, 9.17) is 0 Å². The third-order valence-corrected chi connectivity index (χ3v) is 2.99. The smallest absolute Gasteiger partial charge is 0.255 e. The summed E-state index contributed by atoms with van der Waals surface area (Å²) < 4.78 is 14.5. The highest BCUT2D eigenvalue weighted by molar-refractivity contribution is 6.06.